The average Bonchev–Trinajstić information content (AvgIpc) is 3.52. The van der Waals surface area contributed by atoms with Crippen molar-refractivity contribution in [2.45, 2.75) is 10.6 Å². The third kappa shape index (κ3) is 5.07. The lowest BCUT2D eigenvalue weighted by Gasteiger charge is -2.13. The maximum absolute atomic E-state index is 13.0. The Morgan fingerprint density at radius 1 is 1.11 bits per heavy atom. The Kier molecular flexibility index (Phi) is 7.65. The molecule has 0 atom stereocenters. The van der Waals surface area contributed by atoms with Crippen LogP contribution in [0.15, 0.2) is 57.1 Å². The number of carbonyl (C=O) groups is 1. The summed E-state index contributed by atoms with van der Waals surface area (Å²) in [6, 6.07) is 13.1. The van der Waals surface area contributed by atoms with Gasteiger partial charge in [-0.3, -0.25) is 4.79 Å². The highest BCUT2D eigenvalue weighted by Crippen LogP contribution is 2.39. The van der Waals surface area contributed by atoms with E-state index < -0.39 is 5.91 Å². The molecule has 0 saturated heterocycles. The van der Waals surface area contributed by atoms with Crippen LogP contribution in [0.2, 0.25) is 0 Å². The monoisotopic (exact) mass is 510 g/mol. The molecule has 4 rings (SSSR count). The summed E-state index contributed by atoms with van der Waals surface area (Å²) in [6.07, 6.45) is 1.42. The van der Waals surface area contributed by atoms with Gasteiger partial charge in [0.1, 0.15) is 0 Å². The molecule has 0 radical (unpaired) electrons. The zero-order chi connectivity index (χ0) is 25.5. The number of hydrogen-bond donors (Lipinski definition) is 2. The molecule has 2 aromatic carbocycles. The highest BCUT2D eigenvalue weighted by molar-refractivity contribution is 7.98. The van der Waals surface area contributed by atoms with Gasteiger partial charge >= 0.3 is 0 Å². The van der Waals surface area contributed by atoms with Crippen LogP contribution >= 0.6 is 11.8 Å². The number of methoxy groups -OCH3 is 3. The second kappa shape index (κ2) is 11.2. The first-order valence-corrected chi connectivity index (χ1v) is 11.4. The summed E-state index contributed by atoms with van der Waals surface area (Å²) < 4.78 is 22.1. The number of ether oxygens (including phenoxy) is 3. The van der Waals surface area contributed by atoms with E-state index in [0.29, 0.717) is 34.3 Å². The van der Waals surface area contributed by atoms with Gasteiger partial charge in [0.15, 0.2) is 17.2 Å². The van der Waals surface area contributed by atoms with Crippen molar-refractivity contribution in [1.82, 2.24) is 30.7 Å². The second-order valence-electron chi connectivity index (χ2n) is 6.99. The van der Waals surface area contributed by atoms with Crippen LogP contribution < -0.4 is 25.4 Å². The van der Waals surface area contributed by atoms with Crippen molar-refractivity contribution in [2.24, 2.45) is 5.10 Å². The van der Waals surface area contributed by atoms with E-state index >= 15 is 0 Å². The van der Waals surface area contributed by atoms with Gasteiger partial charge in [0.25, 0.3) is 5.91 Å². The number of amides is 1. The predicted molar refractivity (Wildman–Crippen MR) is 131 cm³/mol. The minimum Gasteiger partial charge on any atom is -0.493 e. The Hall–Kier alpha value is -4.59. The first-order valence-electron chi connectivity index (χ1n) is 10.4. The topological polar surface area (TPSA) is 165 Å². The van der Waals surface area contributed by atoms with Crippen LogP contribution in [-0.4, -0.2) is 58.8 Å². The quantitative estimate of drug-likeness (QED) is 0.183. The number of thioether (sulfide) groups is 1. The van der Waals surface area contributed by atoms with Crippen molar-refractivity contribution < 1.29 is 23.6 Å². The van der Waals surface area contributed by atoms with Crippen molar-refractivity contribution in [3.8, 4) is 23.1 Å². The number of anilines is 1. The third-order valence-electron chi connectivity index (χ3n) is 4.90. The number of nitrogens with two attached hydrogens (primary N) is 1. The van der Waals surface area contributed by atoms with Crippen molar-refractivity contribution in [3.05, 3.63) is 59.4 Å². The second-order valence-corrected chi connectivity index (χ2v) is 8.04. The Balaban J connectivity index is 1.59. The lowest BCUT2D eigenvalue weighted by molar-refractivity contribution is 0.0949. The third-order valence-corrected chi connectivity index (χ3v) is 5.92. The average molecular weight is 511 g/mol. The number of hydrazone groups is 1. The van der Waals surface area contributed by atoms with Crippen LogP contribution in [0.25, 0.3) is 5.82 Å². The van der Waals surface area contributed by atoms with Crippen LogP contribution in [0.4, 0.5) is 5.82 Å². The van der Waals surface area contributed by atoms with Crippen LogP contribution in [0.5, 0.6) is 17.2 Å². The van der Waals surface area contributed by atoms with Gasteiger partial charge in [0.05, 0.1) is 33.2 Å². The number of aromatic nitrogens is 5. The molecule has 36 heavy (non-hydrogen) atoms. The number of carbonyl (C=O) groups excluding carboxylic acids is 1. The van der Waals surface area contributed by atoms with E-state index in [-0.39, 0.29) is 17.3 Å². The lowest BCUT2D eigenvalue weighted by Crippen LogP contribution is -2.20. The van der Waals surface area contributed by atoms with Crippen molar-refractivity contribution in [3.63, 3.8) is 0 Å². The largest absolute Gasteiger partial charge is 0.493 e. The first-order chi connectivity index (χ1) is 17.6. The number of hydrogen-bond acceptors (Lipinski definition) is 12. The Bertz CT molecular complexity index is 1370. The first kappa shape index (κ1) is 24.5. The number of benzene rings is 2. The van der Waals surface area contributed by atoms with Crippen molar-refractivity contribution in [1.29, 1.82) is 0 Å². The minimum absolute atomic E-state index is 0.0105. The summed E-state index contributed by atoms with van der Waals surface area (Å²) in [7, 11) is 4.51. The standard InChI is InChI=1S/C22H22N8O5S/c1-32-16-10-9-13(18(33-2)19(16)34-3)11-24-26-22(31)17-15(12-36-14-7-5-4-6-8-14)30(29-25-17)21-20(23)27-35-28-21/h4-11H,12H2,1-3H3,(H2,23,27)(H,26,31). The molecule has 4 aromatic rings. The Labute approximate surface area is 209 Å². The molecule has 14 heteroatoms. The van der Waals surface area contributed by atoms with Gasteiger partial charge in [-0.1, -0.05) is 23.4 Å². The SMILES string of the molecule is COc1ccc(C=NNC(=O)c2nnn(-c3nonc3N)c2CSc2ccccc2)c(OC)c1OC. The van der Waals surface area contributed by atoms with E-state index in [2.05, 4.69) is 35.8 Å². The molecule has 0 spiro atoms. The Morgan fingerprint density at radius 2 is 1.89 bits per heavy atom. The normalized spacial score (nSPS) is 11.0. The number of nitrogen functional groups attached to an aromatic ring is 1. The highest BCUT2D eigenvalue weighted by atomic mass is 32.2. The summed E-state index contributed by atoms with van der Waals surface area (Å²) in [5.74, 6) is 1.18. The molecular weight excluding hydrogens is 488 g/mol. The molecule has 0 saturated carbocycles. The molecule has 2 heterocycles. The molecule has 0 aliphatic carbocycles. The highest BCUT2D eigenvalue weighted by Gasteiger charge is 2.24. The van der Waals surface area contributed by atoms with Crippen LogP contribution in [0.1, 0.15) is 21.7 Å². The molecule has 0 unspecified atom stereocenters. The lowest BCUT2D eigenvalue weighted by atomic mass is 10.2. The van der Waals surface area contributed by atoms with E-state index in [1.165, 1.54) is 44.0 Å². The molecule has 0 aliphatic heterocycles. The van der Waals surface area contributed by atoms with E-state index in [9.17, 15) is 4.79 Å². The molecule has 0 bridgehead atoms. The van der Waals surface area contributed by atoms with Gasteiger partial charge in [0, 0.05) is 16.2 Å². The van der Waals surface area contributed by atoms with E-state index in [4.69, 9.17) is 19.9 Å². The van der Waals surface area contributed by atoms with Gasteiger partial charge in [-0.05, 0) is 34.6 Å². The fraction of sp³-hybridized carbons (Fsp3) is 0.182. The Morgan fingerprint density at radius 3 is 2.56 bits per heavy atom. The number of nitrogens with one attached hydrogen (secondary N) is 1. The summed E-state index contributed by atoms with van der Waals surface area (Å²) in [5, 5.41) is 19.5. The molecule has 13 nitrogen and oxygen atoms in total. The fourth-order valence-corrected chi connectivity index (χ4v) is 4.14. The molecule has 186 valence electrons. The molecule has 0 fully saturated rings. The van der Waals surface area contributed by atoms with Gasteiger partial charge in [-0.2, -0.15) is 9.78 Å². The van der Waals surface area contributed by atoms with Crippen LogP contribution in [0, 0.1) is 0 Å². The summed E-state index contributed by atoms with van der Waals surface area (Å²) in [4.78, 5) is 14.0. The zero-order valence-electron chi connectivity index (χ0n) is 19.5. The minimum atomic E-state index is -0.587. The number of nitrogens with zero attached hydrogens (tertiary/aromatic N) is 6. The molecule has 1 amide bonds. The maximum Gasteiger partial charge on any atom is 0.293 e. The molecule has 2 aromatic heterocycles. The molecule has 0 aliphatic rings. The van der Waals surface area contributed by atoms with E-state index in [1.54, 1.807) is 12.1 Å². The molecule has 3 N–H and O–H groups in total. The summed E-state index contributed by atoms with van der Waals surface area (Å²) >= 11 is 1.48. The van der Waals surface area contributed by atoms with Gasteiger partial charge in [0.2, 0.25) is 17.4 Å². The van der Waals surface area contributed by atoms with E-state index in [1.807, 2.05) is 30.3 Å². The van der Waals surface area contributed by atoms with Crippen LogP contribution in [-0.2, 0) is 5.75 Å². The predicted octanol–water partition coefficient (Wildman–Crippen LogP) is 2.31. The van der Waals surface area contributed by atoms with Crippen molar-refractivity contribution in [2.75, 3.05) is 27.1 Å². The molecular formula is C22H22N8O5S. The van der Waals surface area contributed by atoms with Gasteiger partial charge < -0.3 is 19.9 Å². The smallest absolute Gasteiger partial charge is 0.293 e. The van der Waals surface area contributed by atoms with Crippen molar-refractivity contribution >= 4 is 29.7 Å². The summed E-state index contributed by atoms with van der Waals surface area (Å²) in [6.45, 7) is 0. The van der Waals surface area contributed by atoms with Crippen LogP contribution in [0.3, 0.4) is 0 Å². The number of rotatable bonds is 10. The fourth-order valence-electron chi connectivity index (χ4n) is 3.22. The van der Waals surface area contributed by atoms with Gasteiger partial charge in [-0.15, -0.1) is 16.9 Å². The van der Waals surface area contributed by atoms with E-state index in [0.717, 1.165) is 4.90 Å². The van der Waals surface area contributed by atoms with Gasteiger partial charge in [-0.25, -0.2) is 10.1 Å². The maximum atomic E-state index is 13.0. The zero-order valence-corrected chi connectivity index (χ0v) is 20.4. The summed E-state index contributed by atoms with van der Waals surface area (Å²) in [5.41, 5.74) is 9.32.